The Labute approximate surface area is 164 Å². The van der Waals surface area contributed by atoms with Gasteiger partial charge in [0.15, 0.2) is 5.11 Å². The van der Waals surface area contributed by atoms with Gasteiger partial charge in [0.25, 0.3) is 5.91 Å². The van der Waals surface area contributed by atoms with Crippen molar-refractivity contribution in [2.75, 3.05) is 17.3 Å². The van der Waals surface area contributed by atoms with Crippen LogP contribution in [0, 0.1) is 0 Å². The van der Waals surface area contributed by atoms with Crippen molar-refractivity contribution in [3.63, 3.8) is 0 Å². The van der Waals surface area contributed by atoms with E-state index < -0.39 is 0 Å². The Balaban J connectivity index is 1.59. The van der Waals surface area contributed by atoms with E-state index in [0.717, 1.165) is 5.75 Å². The maximum Gasteiger partial charge on any atom is 0.338 e. The first-order valence-electron chi connectivity index (χ1n) is 8.20. The van der Waals surface area contributed by atoms with Crippen molar-refractivity contribution in [3.8, 4) is 0 Å². The third-order valence-electron chi connectivity index (χ3n) is 4.34. The van der Waals surface area contributed by atoms with E-state index in [9.17, 15) is 9.59 Å². The summed E-state index contributed by atoms with van der Waals surface area (Å²) in [5.74, 6) is 0.341. The first kappa shape index (κ1) is 17.5. The number of amides is 1. The molecule has 134 valence electrons. The molecule has 0 radical (unpaired) electrons. The van der Waals surface area contributed by atoms with Crippen molar-refractivity contribution in [2.24, 2.45) is 0 Å². The lowest BCUT2D eigenvalue weighted by molar-refractivity contribution is -0.119. The molecule has 0 spiro atoms. The number of thiocarbonyl (C=S) groups is 1. The van der Waals surface area contributed by atoms with Gasteiger partial charge in [-0.3, -0.25) is 9.69 Å². The standard InChI is InChI=1S/C18H16N2O3S3/c1-2-23-17(22)11-5-7-12(8-6-11)19-15(21)13-10-26-16(20(13)18(19)24)14-4-3-9-25-14/h3-9,13,16H,2,10H2,1H3/t13-,16-/m1/s1. The van der Waals surface area contributed by atoms with Gasteiger partial charge in [0.2, 0.25) is 0 Å². The molecule has 5 nitrogen and oxygen atoms in total. The molecule has 2 aliphatic rings. The van der Waals surface area contributed by atoms with E-state index in [0.29, 0.717) is 23.0 Å². The number of hydrogen-bond acceptors (Lipinski definition) is 6. The number of carbonyl (C=O) groups excluding carboxylic acids is 2. The van der Waals surface area contributed by atoms with E-state index in [4.69, 9.17) is 17.0 Å². The summed E-state index contributed by atoms with van der Waals surface area (Å²) >= 11 is 9.07. The number of hydrogen-bond donors (Lipinski definition) is 0. The van der Waals surface area contributed by atoms with Crippen molar-refractivity contribution >= 4 is 58.0 Å². The third-order valence-corrected chi connectivity index (χ3v) is 7.11. The minimum atomic E-state index is -0.371. The van der Waals surface area contributed by atoms with Gasteiger partial charge in [0.05, 0.1) is 17.9 Å². The van der Waals surface area contributed by atoms with E-state index in [1.807, 2.05) is 16.3 Å². The Kier molecular flexibility index (Phi) is 4.73. The molecule has 0 bridgehead atoms. The first-order chi connectivity index (χ1) is 12.6. The fourth-order valence-electron chi connectivity index (χ4n) is 3.14. The second kappa shape index (κ2) is 7.02. The van der Waals surface area contributed by atoms with Crippen molar-refractivity contribution in [1.82, 2.24) is 4.90 Å². The molecule has 2 aromatic rings. The molecular formula is C18H16N2O3S3. The van der Waals surface area contributed by atoms with Crippen LogP contribution in [-0.2, 0) is 9.53 Å². The maximum absolute atomic E-state index is 12.9. The molecule has 0 N–H and O–H groups in total. The van der Waals surface area contributed by atoms with Crippen LogP contribution in [0.15, 0.2) is 41.8 Å². The Morgan fingerprint density at radius 2 is 2.08 bits per heavy atom. The molecule has 0 saturated carbocycles. The lowest BCUT2D eigenvalue weighted by Crippen LogP contribution is -2.33. The molecule has 1 aromatic heterocycles. The second-order valence-corrected chi connectivity index (χ2v) is 8.31. The fourth-order valence-corrected chi connectivity index (χ4v) is 6.02. The highest BCUT2D eigenvalue weighted by Gasteiger charge is 2.51. The predicted octanol–water partition coefficient (Wildman–Crippen LogP) is 3.67. The van der Waals surface area contributed by atoms with Crippen LogP contribution < -0.4 is 4.90 Å². The molecule has 2 atom stereocenters. The first-order valence-corrected chi connectivity index (χ1v) is 10.5. The molecular weight excluding hydrogens is 388 g/mol. The number of thioether (sulfide) groups is 1. The number of fused-ring (bicyclic) bond motifs is 1. The summed E-state index contributed by atoms with van der Waals surface area (Å²) in [4.78, 5) is 29.5. The number of ether oxygens (including phenoxy) is 1. The Bertz CT molecular complexity index is 851. The van der Waals surface area contributed by atoms with Gasteiger partial charge in [0.1, 0.15) is 11.4 Å². The summed E-state index contributed by atoms with van der Waals surface area (Å²) in [6.45, 7) is 2.09. The number of rotatable bonds is 4. The lowest BCUT2D eigenvalue weighted by Gasteiger charge is -2.24. The van der Waals surface area contributed by atoms with Crippen LogP contribution in [0.5, 0.6) is 0 Å². The van der Waals surface area contributed by atoms with Crippen LogP contribution in [0.3, 0.4) is 0 Å². The second-order valence-electron chi connectivity index (χ2n) is 5.85. The predicted molar refractivity (Wildman–Crippen MR) is 108 cm³/mol. The Hall–Kier alpha value is -1.90. The highest BCUT2D eigenvalue weighted by Crippen LogP contribution is 2.47. The minimum absolute atomic E-state index is 0.00885. The number of anilines is 1. The molecule has 4 rings (SSSR count). The van der Waals surface area contributed by atoms with Crippen LogP contribution in [-0.4, -0.2) is 40.3 Å². The van der Waals surface area contributed by atoms with E-state index in [-0.39, 0.29) is 23.3 Å². The average molecular weight is 405 g/mol. The van der Waals surface area contributed by atoms with Crippen LogP contribution >= 0.6 is 35.3 Å². The van der Waals surface area contributed by atoms with E-state index in [1.165, 1.54) is 4.88 Å². The summed E-state index contributed by atoms with van der Waals surface area (Å²) in [7, 11) is 0. The summed E-state index contributed by atoms with van der Waals surface area (Å²) in [5.41, 5.74) is 1.14. The van der Waals surface area contributed by atoms with Gasteiger partial charge in [0, 0.05) is 10.6 Å². The maximum atomic E-state index is 12.9. The highest BCUT2D eigenvalue weighted by molar-refractivity contribution is 8.00. The zero-order valence-corrected chi connectivity index (χ0v) is 16.4. The molecule has 0 aliphatic carbocycles. The molecule has 2 saturated heterocycles. The quantitative estimate of drug-likeness (QED) is 0.572. The normalized spacial score (nSPS) is 22.0. The summed E-state index contributed by atoms with van der Waals surface area (Å²) in [5, 5.41) is 2.64. The number of thiophene rings is 1. The third kappa shape index (κ3) is 2.82. The van der Waals surface area contributed by atoms with Crippen molar-refractivity contribution in [2.45, 2.75) is 18.3 Å². The SMILES string of the molecule is CCOC(=O)c1ccc(N2C(=O)[C@H]3CS[C@H](c4cccs4)N3C2=S)cc1. The molecule has 2 aliphatic heterocycles. The van der Waals surface area contributed by atoms with Crippen LogP contribution in [0.4, 0.5) is 5.69 Å². The molecule has 2 fully saturated rings. The number of esters is 1. The van der Waals surface area contributed by atoms with E-state index in [2.05, 4.69) is 6.07 Å². The molecule has 1 amide bonds. The molecule has 26 heavy (non-hydrogen) atoms. The smallest absolute Gasteiger partial charge is 0.338 e. The topological polar surface area (TPSA) is 49.9 Å². The minimum Gasteiger partial charge on any atom is -0.462 e. The Morgan fingerprint density at radius 1 is 1.31 bits per heavy atom. The van der Waals surface area contributed by atoms with Crippen molar-refractivity contribution in [3.05, 3.63) is 52.2 Å². The number of nitrogens with zero attached hydrogens (tertiary/aromatic N) is 2. The van der Waals surface area contributed by atoms with Crippen molar-refractivity contribution < 1.29 is 14.3 Å². The summed E-state index contributed by atoms with van der Waals surface area (Å²) in [6.07, 6.45) is 0. The molecule has 3 heterocycles. The van der Waals surface area contributed by atoms with Gasteiger partial charge >= 0.3 is 5.97 Å². The van der Waals surface area contributed by atoms with Gasteiger partial charge in [-0.2, -0.15) is 0 Å². The lowest BCUT2D eigenvalue weighted by atomic mass is 10.2. The van der Waals surface area contributed by atoms with E-state index in [1.54, 1.807) is 59.2 Å². The summed E-state index contributed by atoms with van der Waals surface area (Å²) < 4.78 is 5.00. The number of benzene rings is 1. The molecule has 1 aromatic carbocycles. The monoisotopic (exact) mass is 404 g/mol. The zero-order chi connectivity index (χ0) is 18.3. The van der Waals surface area contributed by atoms with Crippen LogP contribution in [0.2, 0.25) is 0 Å². The zero-order valence-electron chi connectivity index (χ0n) is 14.0. The van der Waals surface area contributed by atoms with Gasteiger partial charge in [-0.15, -0.1) is 23.1 Å². The largest absolute Gasteiger partial charge is 0.462 e. The van der Waals surface area contributed by atoms with Gasteiger partial charge in [-0.05, 0) is 54.9 Å². The molecule has 0 unspecified atom stereocenters. The average Bonchev–Trinajstić information content (AvgIpc) is 3.35. The number of carbonyl (C=O) groups is 2. The summed E-state index contributed by atoms with van der Waals surface area (Å²) in [6, 6.07) is 10.7. The van der Waals surface area contributed by atoms with Crippen molar-refractivity contribution in [1.29, 1.82) is 0 Å². The highest BCUT2D eigenvalue weighted by atomic mass is 32.2. The van der Waals surface area contributed by atoms with Crippen LogP contribution in [0.25, 0.3) is 0 Å². The molecule has 8 heteroatoms. The van der Waals surface area contributed by atoms with Gasteiger partial charge in [-0.25, -0.2) is 4.79 Å². The van der Waals surface area contributed by atoms with Gasteiger partial charge in [-0.1, -0.05) is 6.07 Å². The van der Waals surface area contributed by atoms with Gasteiger partial charge < -0.3 is 9.64 Å². The fraction of sp³-hybridized carbons (Fsp3) is 0.278. The van der Waals surface area contributed by atoms with E-state index >= 15 is 0 Å². The Morgan fingerprint density at radius 3 is 2.73 bits per heavy atom. The van der Waals surface area contributed by atoms with Crippen LogP contribution in [0.1, 0.15) is 27.5 Å².